The predicted molar refractivity (Wildman–Crippen MR) is 116 cm³/mol. The second-order valence-electron chi connectivity index (χ2n) is 6.69. The minimum atomic E-state index is -0.152. The van der Waals surface area contributed by atoms with Gasteiger partial charge >= 0.3 is 0 Å². The summed E-state index contributed by atoms with van der Waals surface area (Å²) in [5, 5.41) is 6.58. The first-order valence-corrected chi connectivity index (χ1v) is 10.5. The molecular formula is C21H20Cl2N2O2S. The first-order valence-electron chi connectivity index (χ1n) is 8.83. The van der Waals surface area contributed by atoms with Gasteiger partial charge in [0.15, 0.2) is 0 Å². The van der Waals surface area contributed by atoms with Crippen LogP contribution in [0.5, 0.6) is 5.75 Å². The van der Waals surface area contributed by atoms with Crippen LogP contribution in [-0.4, -0.2) is 17.4 Å². The van der Waals surface area contributed by atoms with Gasteiger partial charge in [0.05, 0.1) is 0 Å². The summed E-state index contributed by atoms with van der Waals surface area (Å²) in [5.74, 6) is 0.940. The highest BCUT2D eigenvalue weighted by Gasteiger charge is 2.12. The van der Waals surface area contributed by atoms with Crippen LogP contribution in [0.25, 0.3) is 10.6 Å². The monoisotopic (exact) mass is 434 g/mol. The van der Waals surface area contributed by atoms with Crippen molar-refractivity contribution in [3.05, 3.63) is 69.1 Å². The van der Waals surface area contributed by atoms with Crippen LogP contribution in [0, 0.1) is 5.92 Å². The lowest BCUT2D eigenvalue weighted by molar-refractivity contribution is 0.0945. The molecule has 1 amide bonds. The van der Waals surface area contributed by atoms with E-state index in [0.717, 1.165) is 16.1 Å². The highest BCUT2D eigenvalue weighted by atomic mass is 35.5. The zero-order valence-electron chi connectivity index (χ0n) is 15.5. The number of nitrogens with zero attached hydrogens (tertiary/aromatic N) is 1. The Morgan fingerprint density at radius 2 is 2.04 bits per heavy atom. The fraction of sp³-hybridized carbons (Fsp3) is 0.238. The van der Waals surface area contributed by atoms with Gasteiger partial charge in [0.1, 0.15) is 23.1 Å². The smallest absolute Gasteiger partial charge is 0.270 e. The molecule has 0 aliphatic heterocycles. The number of carbonyl (C=O) groups excluding carboxylic acids is 1. The molecule has 2 aromatic carbocycles. The van der Waals surface area contributed by atoms with E-state index in [-0.39, 0.29) is 5.91 Å². The largest absolute Gasteiger partial charge is 0.489 e. The summed E-state index contributed by atoms with van der Waals surface area (Å²) >= 11 is 13.5. The van der Waals surface area contributed by atoms with E-state index in [1.165, 1.54) is 11.3 Å². The predicted octanol–water partition coefficient (Wildman–Crippen LogP) is 6.08. The SMILES string of the molecule is CC(C)CNC(=O)c1csc(-c2cccc(OCc3ccc(Cl)cc3Cl)c2)n1. The van der Waals surface area contributed by atoms with Gasteiger partial charge in [-0.15, -0.1) is 11.3 Å². The summed E-state index contributed by atoms with van der Waals surface area (Å²) < 4.78 is 5.86. The van der Waals surface area contributed by atoms with Gasteiger partial charge in [0.25, 0.3) is 5.91 Å². The van der Waals surface area contributed by atoms with Gasteiger partial charge < -0.3 is 10.1 Å². The van der Waals surface area contributed by atoms with Crippen LogP contribution < -0.4 is 10.1 Å². The molecule has 0 fully saturated rings. The average Bonchev–Trinajstić information content (AvgIpc) is 3.16. The normalized spacial score (nSPS) is 10.9. The number of ether oxygens (including phenoxy) is 1. The molecule has 3 aromatic rings. The van der Waals surface area contributed by atoms with Gasteiger partial charge in [-0.25, -0.2) is 4.98 Å². The van der Waals surface area contributed by atoms with Crippen molar-refractivity contribution in [2.45, 2.75) is 20.5 Å². The van der Waals surface area contributed by atoms with E-state index in [1.54, 1.807) is 17.5 Å². The van der Waals surface area contributed by atoms with Crippen LogP contribution in [0.1, 0.15) is 29.9 Å². The molecule has 28 heavy (non-hydrogen) atoms. The van der Waals surface area contributed by atoms with Crippen molar-refractivity contribution in [3.8, 4) is 16.3 Å². The maximum Gasteiger partial charge on any atom is 0.270 e. The van der Waals surface area contributed by atoms with Crippen molar-refractivity contribution in [1.29, 1.82) is 0 Å². The molecule has 0 bridgehead atoms. The van der Waals surface area contributed by atoms with Gasteiger partial charge in [-0.2, -0.15) is 0 Å². The van der Waals surface area contributed by atoms with E-state index >= 15 is 0 Å². The molecule has 0 saturated heterocycles. The summed E-state index contributed by atoms with van der Waals surface area (Å²) in [4.78, 5) is 16.6. The molecule has 0 aliphatic rings. The Morgan fingerprint density at radius 1 is 1.21 bits per heavy atom. The van der Waals surface area contributed by atoms with E-state index in [9.17, 15) is 4.79 Å². The third-order valence-corrected chi connectivity index (χ3v) is 5.38. The summed E-state index contributed by atoms with van der Waals surface area (Å²) in [6.07, 6.45) is 0. The van der Waals surface area contributed by atoms with Crippen molar-refractivity contribution in [3.63, 3.8) is 0 Å². The number of hydrogen-bond acceptors (Lipinski definition) is 4. The van der Waals surface area contributed by atoms with Crippen LogP contribution >= 0.6 is 34.5 Å². The van der Waals surface area contributed by atoms with Gasteiger partial charge in [-0.05, 0) is 30.2 Å². The van der Waals surface area contributed by atoms with E-state index in [4.69, 9.17) is 27.9 Å². The quantitative estimate of drug-likeness (QED) is 0.489. The number of halogens is 2. The number of thiazole rings is 1. The first kappa shape index (κ1) is 20.6. The third-order valence-electron chi connectivity index (χ3n) is 3.90. The van der Waals surface area contributed by atoms with Crippen molar-refractivity contribution in [2.75, 3.05) is 6.54 Å². The number of hydrogen-bond donors (Lipinski definition) is 1. The standard InChI is InChI=1S/C21H20Cl2N2O2S/c1-13(2)10-24-20(26)19-12-28-21(25-19)14-4-3-5-17(8-14)27-11-15-6-7-16(22)9-18(15)23/h3-9,12-13H,10-11H2,1-2H3,(H,24,26). The molecule has 1 aromatic heterocycles. The van der Waals surface area contributed by atoms with Crippen LogP contribution in [-0.2, 0) is 6.61 Å². The van der Waals surface area contributed by atoms with E-state index in [2.05, 4.69) is 24.1 Å². The molecule has 1 N–H and O–H groups in total. The summed E-state index contributed by atoms with van der Waals surface area (Å²) in [6, 6.07) is 12.9. The second-order valence-corrected chi connectivity index (χ2v) is 8.40. The molecular weight excluding hydrogens is 415 g/mol. The number of aromatic nitrogens is 1. The summed E-state index contributed by atoms with van der Waals surface area (Å²) in [5.41, 5.74) is 2.18. The fourth-order valence-corrected chi connectivity index (χ4v) is 3.68. The van der Waals surface area contributed by atoms with Crippen molar-refractivity contribution in [2.24, 2.45) is 5.92 Å². The highest BCUT2D eigenvalue weighted by molar-refractivity contribution is 7.13. The number of benzene rings is 2. The molecule has 7 heteroatoms. The second kappa shape index (κ2) is 9.41. The van der Waals surface area contributed by atoms with E-state index < -0.39 is 0 Å². The van der Waals surface area contributed by atoms with Gasteiger partial charge in [0, 0.05) is 33.1 Å². The number of rotatable bonds is 7. The average molecular weight is 435 g/mol. The van der Waals surface area contributed by atoms with Crippen molar-refractivity contribution < 1.29 is 9.53 Å². The Kier molecular flexibility index (Phi) is 6.94. The molecule has 0 saturated carbocycles. The number of carbonyl (C=O) groups is 1. The minimum Gasteiger partial charge on any atom is -0.489 e. The van der Waals surface area contributed by atoms with Crippen LogP contribution in [0.2, 0.25) is 10.0 Å². The van der Waals surface area contributed by atoms with Crippen molar-refractivity contribution >= 4 is 40.4 Å². The zero-order valence-corrected chi connectivity index (χ0v) is 17.9. The molecule has 0 aliphatic carbocycles. The highest BCUT2D eigenvalue weighted by Crippen LogP contribution is 2.28. The molecule has 4 nitrogen and oxygen atoms in total. The molecule has 0 unspecified atom stereocenters. The molecule has 3 rings (SSSR count). The molecule has 146 valence electrons. The zero-order chi connectivity index (χ0) is 20.1. The van der Waals surface area contributed by atoms with Crippen molar-refractivity contribution in [1.82, 2.24) is 10.3 Å². The first-order chi connectivity index (χ1) is 13.4. The Hall–Kier alpha value is -2.08. The maximum absolute atomic E-state index is 12.2. The fourth-order valence-electron chi connectivity index (χ4n) is 2.42. The Balaban J connectivity index is 1.68. The van der Waals surface area contributed by atoms with Gasteiger partial charge in [0.2, 0.25) is 0 Å². The Morgan fingerprint density at radius 3 is 2.79 bits per heavy atom. The number of nitrogens with one attached hydrogen (secondary N) is 1. The maximum atomic E-state index is 12.2. The third kappa shape index (κ3) is 5.47. The van der Waals surface area contributed by atoms with Crippen LogP contribution in [0.15, 0.2) is 47.8 Å². The van der Waals surface area contributed by atoms with Crippen LogP contribution in [0.3, 0.4) is 0 Å². The van der Waals surface area contributed by atoms with E-state index in [0.29, 0.717) is 40.6 Å². The lowest BCUT2D eigenvalue weighted by atomic mass is 10.2. The van der Waals surface area contributed by atoms with Gasteiger partial charge in [-0.3, -0.25) is 4.79 Å². The van der Waals surface area contributed by atoms with E-state index in [1.807, 2.05) is 30.3 Å². The van der Waals surface area contributed by atoms with Gasteiger partial charge in [-0.1, -0.05) is 55.2 Å². The van der Waals surface area contributed by atoms with Crippen LogP contribution in [0.4, 0.5) is 0 Å². The summed E-state index contributed by atoms with van der Waals surface area (Å²) in [6.45, 7) is 5.06. The molecule has 0 atom stereocenters. The molecule has 1 heterocycles. The number of amides is 1. The lowest BCUT2D eigenvalue weighted by Gasteiger charge is -2.09. The topological polar surface area (TPSA) is 51.2 Å². The summed E-state index contributed by atoms with van der Waals surface area (Å²) in [7, 11) is 0. The Bertz CT molecular complexity index is 973. The minimum absolute atomic E-state index is 0.152. The molecule has 0 spiro atoms. The lowest BCUT2D eigenvalue weighted by Crippen LogP contribution is -2.27. The molecule has 0 radical (unpaired) electrons. The Labute approximate surface area is 178 Å².